The SMILES string of the molecule is CC.Cc1cc(CCC=O)cc(C)c1Oc1ccc(O)cc1. The van der Waals surface area contributed by atoms with Crippen LogP contribution < -0.4 is 4.74 Å². The van der Waals surface area contributed by atoms with Gasteiger partial charge in [-0.25, -0.2) is 0 Å². The Bertz CT molecular complexity index is 578. The molecule has 0 amide bonds. The lowest BCUT2D eigenvalue weighted by Crippen LogP contribution is -1.95. The Hall–Kier alpha value is -2.29. The highest BCUT2D eigenvalue weighted by atomic mass is 16.5. The third-order valence-corrected chi connectivity index (χ3v) is 3.13. The fraction of sp³-hybridized carbons (Fsp3) is 0.316. The lowest BCUT2D eigenvalue weighted by molar-refractivity contribution is -0.107. The molecule has 0 radical (unpaired) electrons. The van der Waals surface area contributed by atoms with Gasteiger partial charge >= 0.3 is 0 Å². The van der Waals surface area contributed by atoms with Crippen molar-refractivity contribution in [1.82, 2.24) is 0 Å². The summed E-state index contributed by atoms with van der Waals surface area (Å²) in [6.45, 7) is 7.99. The zero-order valence-corrected chi connectivity index (χ0v) is 13.7. The number of carbonyl (C=O) groups excluding carboxylic acids is 1. The highest BCUT2D eigenvalue weighted by Gasteiger charge is 2.08. The molecule has 0 aliphatic rings. The van der Waals surface area contributed by atoms with Crippen LogP contribution in [0.15, 0.2) is 36.4 Å². The fourth-order valence-electron chi connectivity index (χ4n) is 2.20. The Kier molecular flexibility index (Phi) is 7.17. The van der Waals surface area contributed by atoms with Crippen molar-refractivity contribution in [2.24, 2.45) is 0 Å². The Balaban J connectivity index is 0.00000116. The average Bonchev–Trinajstić information content (AvgIpc) is 2.52. The lowest BCUT2D eigenvalue weighted by atomic mass is 10.0. The molecule has 0 saturated carbocycles. The molecule has 0 aromatic heterocycles. The van der Waals surface area contributed by atoms with Crippen LogP contribution in [0.4, 0.5) is 0 Å². The van der Waals surface area contributed by atoms with Gasteiger partial charge in [0.2, 0.25) is 0 Å². The van der Waals surface area contributed by atoms with E-state index in [1.807, 2.05) is 39.8 Å². The third kappa shape index (κ3) is 4.92. The van der Waals surface area contributed by atoms with Crippen molar-refractivity contribution >= 4 is 6.29 Å². The number of rotatable bonds is 5. The molecular formula is C19H24O3. The van der Waals surface area contributed by atoms with E-state index in [0.29, 0.717) is 12.2 Å². The molecule has 2 aromatic carbocycles. The minimum Gasteiger partial charge on any atom is -0.508 e. The first-order valence-corrected chi connectivity index (χ1v) is 7.61. The van der Waals surface area contributed by atoms with E-state index in [1.165, 1.54) is 0 Å². The number of phenols is 1. The molecule has 0 unspecified atom stereocenters. The van der Waals surface area contributed by atoms with Gasteiger partial charge in [0, 0.05) is 6.42 Å². The van der Waals surface area contributed by atoms with E-state index in [2.05, 4.69) is 0 Å². The first kappa shape index (κ1) is 17.8. The molecule has 0 aliphatic heterocycles. The summed E-state index contributed by atoms with van der Waals surface area (Å²) in [4.78, 5) is 10.4. The molecule has 0 aliphatic carbocycles. The van der Waals surface area contributed by atoms with Crippen LogP contribution in [0.1, 0.15) is 37.0 Å². The standard InChI is InChI=1S/C17H18O3.C2H6/c1-12-10-14(4-3-9-18)11-13(2)17(12)20-16-7-5-15(19)6-8-16;1-2/h5-11,19H,3-4H2,1-2H3;1-2H3. The van der Waals surface area contributed by atoms with Gasteiger partial charge in [0.15, 0.2) is 0 Å². The van der Waals surface area contributed by atoms with Gasteiger partial charge in [0.25, 0.3) is 0 Å². The molecule has 118 valence electrons. The zero-order valence-electron chi connectivity index (χ0n) is 13.7. The Morgan fingerprint density at radius 1 is 1.05 bits per heavy atom. The number of hydrogen-bond acceptors (Lipinski definition) is 3. The van der Waals surface area contributed by atoms with E-state index in [0.717, 1.165) is 35.1 Å². The molecule has 0 atom stereocenters. The van der Waals surface area contributed by atoms with Crippen LogP contribution in [0.2, 0.25) is 0 Å². The molecule has 0 spiro atoms. The van der Waals surface area contributed by atoms with Gasteiger partial charge < -0.3 is 14.6 Å². The zero-order chi connectivity index (χ0) is 16.5. The second kappa shape index (κ2) is 8.88. The van der Waals surface area contributed by atoms with Crippen molar-refractivity contribution in [1.29, 1.82) is 0 Å². The molecule has 2 rings (SSSR count). The summed E-state index contributed by atoms with van der Waals surface area (Å²) in [6.07, 6.45) is 2.23. The maximum absolute atomic E-state index is 10.4. The summed E-state index contributed by atoms with van der Waals surface area (Å²) < 4.78 is 5.87. The van der Waals surface area contributed by atoms with Crippen molar-refractivity contribution < 1.29 is 14.6 Å². The molecule has 0 heterocycles. The van der Waals surface area contributed by atoms with Gasteiger partial charge in [0.05, 0.1) is 0 Å². The highest BCUT2D eigenvalue weighted by Crippen LogP contribution is 2.30. The first-order chi connectivity index (χ1) is 10.6. The molecule has 3 nitrogen and oxygen atoms in total. The maximum Gasteiger partial charge on any atom is 0.133 e. The maximum atomic E-state index is 10.4. The second-order valence-electron chi connectivity index (χ2n) is 4.86. The molecule has 3 heteroatoms. The fourth-order valence-corrected chi connectivity index (χ4v) is 2.20. The van der Waals surface area contributed by atoms with Gasteiger partial charge in [-0.3, -0.25) is 0 Å². The van der Waals surface area contributed by atoms with E-state index < -0.39 is 0 Å². The van der Waals surface area contributed by atoms with Crippen LogP contribution >= 0.6 is 0 Å². The minimum absolute atomic E-state index is 0.218. The topological polar surface area (TPSA) is 46.5 Å². The lowest BCUT2D eigenvalue weighted by Gasteiger charge is -2.13. The molecular weight excluding hydrogens is 276 g/mol. The van der Waals surface area contributed by atoms with Gasteiger partial charge in [-0.05, 0) is 61.2 Å². The predicted octanol–water partition coefficient (Wildman–Crippen LogP) is 4.96. The van der Waals surface area contributed by atoms with E-state index >= 15 is 0 Å². The molecule has 22 heavy (non-hydrogen) atoms. The van der Waals surface area contributed by atoms with Crippen molar-refractivity contribution in [3.05, 3.63) is 53.1 Å². The number of phenolic OH excluding ortho intramolecular Hbond substituents is 1. The second-order valence-corrected chi connectivity index (χ2v) is 4.86. The van der Waals surface area contributed by atoms with E-state index in [-0.39, 0.29) is 5.75 Å². The van der Waals surface area contributed by atoms with Crippen LogP contribution in [-0.2, 0) is 11.2 Å². The first-order valence-electron chi connectivity index (χ1n) is 7.61. The summed E-state index contributed by atoms with van der Waals surface area (Å²) in [5.41, 5.74) is 3.23. The number of aryl methyl sites for hydroxylation is 3. The van der Waals surface area contributed by atoms with E-state index in [9.17, 15) is 9.90 Å². The summed E-state index contributed by atoms with van der Waals surface area (Å²) >= 11 is 0. The van der Waals surface area contributed by atoms with Gasteiger partial charge in [-0.15, -0.1) is 0 Å². The van der Waals surface area contributed by atoms with Crippen molar-refractivity contribution in [3.63, 3.8) is 0 Å². The number of aromatic hydroxyl groups is 1. The van der Waals surface area contributed by atoms with Crippen LogP contribution in [-0.4, -0.2) is 11.4 Å². The molecule has 2 aromatic rings. The quantitative estimate of drug-likeness (QED) is 0.794. The van der Waals surface area contributed by atoms with E-state index in [4.69, 9.17) is 4.74 Å². The Morgan fingerprint density at radius 3 is 2.09 bits per heavy atom. The summed E-state index contributed by atoms with van der Waals surface area (Å²) in [6, 6.07) is 10.7. The van der Waals surface area contributed by atoms with Crippen LogP contribution in [0.25, 0.3) is 0 Å². The summed E-state index contributed by atoms with van der Waals surface area (Å²) in [7, 11) is 0. The van der Waals surface area contributed by atoms with Crippen molar-refractivity contribution in [3.8, 4) is 17.2 Å². The minimum atomic E-state index is 0.218. The smallest absolute Gasteiger partial charge is 0.133 e. The van der Waals surface area contributed by atoms with Crippen LogP contribution in [0, 0.1) is 13.8 Å². The number of carbonyl (C=O) groups is 1. The van der Waals surface area contributed by atoms with Gasteiger partial charge in [0.1, 0.15) is 23.5 Å². The largest absolute Gasteiger partial charge is 0.508 e. The van der Waals surface area contributed by atoms with Crippen LogP contribution in [0.5, 0.6) is 17.2 Å². The third-order valence-electron chi connectivity index (χ3n) is 3.13. The summed E-state index contributed by atoms with van der Waals surface area (Å²) in [5.74, 6) is 1.73. The summed E-state index contributed by atoms with van der Waals surface area (Å²) in [5, 5.41) is 9.27. The normalized spacial score (nSPS) is 9.64. The van der Waals surface area contributed by atoms with Gasteiger partial charge in [-0.2, -0.15) is 0 Å². The monoisotopic (exact) mass is 300 g/mol. The highest BCUT2D eigenvalue weighted by molar-refractivity contribution is 5.51. The van der Waals surface area contributed by atoms with E-state index in [1.54, 1.807) is 24.3 Å². The number of hydrogen-bond donors (Lipinski definition) is 1. The predicted molar refractivity (Wildman–Crippen MR) is 89.8 cm³/mol. The van der Waals surface area contributed by atoms with Gasteiger partial charge in [-0.1, -0.05) is 26.0 Å². The Morgan fingerprint density at radius 2 is 1.59 bits per heavy atom. The molecule has 0 fully saturated rings. The van der Waals surface area contributed by atoms with Crippen LogP contribution in [0.3, 0.4) is 0 Å². The average molecular weight is 300 g/mol. The number of ether oxygens (including phenoxy) is 1. The number of aldehydes is 1. The molecule has 0 bridgehead atoms. The molecule has 1 N–H and O–H groups in total. The van der Waals surface area contributed by atoms with Crippen molar-refractivity contribution in [2.75, 3.05) is 0 Å². The molecule has 0 saturated heterocycles. The Labute approximate surface area is 132 Å². The van der Waals surface area contributed by atoms with Crippen molar-refractivity contribution in [2.45, 2.75) is 40.5 Å². The number of benzene rings is 2.